The fourth-order valence-corrected chi connectivity index (χ4v) is 4.57. The molecule has 28 heavy (non-hydrogen) atoms. The minimum absolute atomic E-state index is 0.0848. The lowest BCUT2D eigenvalue weighted by Crippen LogP contribution is -2.61. The van der Waals surface area contributed by atoms with Crippen molar-refractivity contribution < 1.29 is 49.0 Å². The van der Waals surface area contributed by atoms with E-state index in [0.717, 1.165) is 0 Å². The predicted octanol–water partition coefficient (Wildman–Crippen LogP) is -1.54. The molecule has 0 spiro atoms. The van der Waals surface area contributed by atoms with Crippen molar-refractivity contribution in [2.45, 2.75) is 82.1 Å². The summed E-state index contributed by atoms with van der Waals surface area (Å²) in [5, 5.41) is 39.4. The van der Waals surface area contributed by atoms with Gasteiger partial charge in [-0.05, 0) is 19.8 Å². The fraction of sp³-hybridized carbons (Fsp3) is 0.889. The Bertz CT molecular complexity index is 581. The molecule has 0 aromatic heterocycles. The molecule has 0 radical (unpaired) electrons. The third kappa shape index (κ3) is 4.17. The van der Waals surface area contributed by atoms with Gasteiger partial charge in [0.25, 0.3) is 0 Å². The molecule has 0 aromatic carbocycles. The Balaban J connectivity index is 1.76. The van der Waals surface area contributed by atoms with Gasteiger partial charge in [0.1, 0.15) is 36.6 Å². The number of carbonyl (C=O) groups excluding carboxylic acids is 2. The Morgan fingerprint density at radius 3 is 2.46 bits per heavy atom. The number of esters is 2. The van der Waals surface area contributed by atoms with E-state index in [4.69, 9.17) is 18.9 Å². The van der Waals surface area contributed by atoms with Gasteiger partial charge >= 0.3 is 11.9 Å². The van der Waals surface area contributed by atoms with Gasteiger partial charge in [-0.1, -0.05) is 0 Å². The van der Waals surface area contributed by atoms with Crippen molar-refractivity contribution in [2.24, 2.45) is 11.8 Å². The molecule has 0 aromatic rings. The quantitative estimate of drug-likeness (QED) is 0.406. The number of fused-ring (bicyclic) bond motifs is 1. The van der Waals surface area contributed by atoms with Gasteiger partial charge in [0, 0.05) is 18.8 Å². The third-order valence-electron chi connectivity index (χ3n) is 5.87. The maximum atomic E-state index is 11.9. The van der Waals surface area contributed by atoms with Gasteiger partial charge in [-0.2, -0.15) is 0 Å². The van der Waals surface area contributed by atoms with Crippen LogP contribution < -0.4 is 0 Å². The SMILES string of the molecule is CC(=O)OC1CCC(OC2OC(CO)C(O)C(O)C2O)C2C(C)OC(=O)CC12. The smallest absolute Gasteiger partial charge is 0.306 e. The monoisotopic (exact) mass is 404 g/mol. The lowest BCUT2D eigenvalue weighted by molar-refractivity contribution is -0.323. The summed E-state index contributed by atoms with van der Waals surface area (Å²) in [6.07, 6.45) is -7.29. The van der Waals surface area contributed by atoms with Crippen molar-refractivity contribution in [1.82, 2.24) is 0 Å². The summed E-state index contributed by atoms with van der Waals surface area (Å²) < 4.78 is 22.1. The van der Waals surface area contributed by atoms with Gasteiger partial charge in [0.15, 0.2) is 6.29 Å². The number of ether oxygens (including phenoxy) is 4. The van der Waals surface area contributed by atoms with Crippen molar-refractivity contribution in [3.63, 3.8) is 0 Å². The largest absolute Gasteiger partial charge is 0.462 e. The number of aliphatic hydroxyl groups excluding tert-OH is 4. The summed E-state index contributed by atoms with van der Waals surface area (Å²) in [5.41, 5.74) is 0. The number of cyclic esters (lactones) is 1. The zero-order valence-corrected chi connectivity index (χ0v) is 15.8. The second-order valence-electron chi connectivity index (χ2n) is 7.74. The van der Waals surface area contributed by atoms with Crippen molar-refractivity contribution in [3.05, 3.63) is 0 Å². The molecular weight excluding hydrogens is 376 g/mol. The van der Waals surface area contributed by atoms with Crippen LogP contribution in [0.25, 0.3) is 0 Å². The minimum atomic E-state index is -1.54. The lowest BCUT2D eigenvalue weighted by atomic mass is 9.70. The van der Waals surface area contributed by atoms with Crippen LogP contribution in [0.1, 0.15) is 33.1 Å². The Morgan fingerprint density at radius 2 is 1.82 bits per heavy atom. The average Bonchev–Trinajstić information content (AvgIpc) is 2.63. The molecule has 4 N–H and O–H groups in total. The Labute approximate surface area is 162 Å². The van der Waals surface area contributed by atoms with E-state index in [2.05, 4.69) is 0 Å². The number of hydrogen-bond acceptors (Lipinski definition) is 10. The highest BCUT2D eigenvalue weighted by Crippen LogP contribution is 2.43. The summed E-state index contributed by atoms with van der Waals surface area (Å²) in [7, 11) is 0. The Kier molecular flexibility index (Phi) is 6.58. The van der Waals surface area contributed by atoms with Gasteiger partial charge in [-0.25, -0.2) is 0 Å². The van der Waals surface area contributed by atoms with E-state index < -0.39 is 61.6 Å². The number of carbonyl (C=O) groups is 2. The first kappa shape index (κ1) is 21.4. The van der Waals surface area contributed by atoms with Crippen LogP contribution in [0.15, 0.2) is 0 Å². The molecule has 0 bridgehead atoms. The van der Waals surface area contributed by atoms with E-state index in [1.165, 1.54) is 6.92 Å². The molecular formula is C18H28O10. The van der Waals surface area contributed by atoms with Crippen LogP contribution in [-0.4, -0.2) is 88.0 Å². The predicted molar refractivity (Wildman–Crippen MR) is 90.6 cm³/mol. The minimum Gasteiger partial charge on any atom is -0.462 e. The fourth-order valence-electron chi connectivity index (χ4n) is 4.57. The van der Waals surface area contributed by atoms with E-state index in [1.807, 2.05) is 0 Å². The van der Waals surface area contributed by atoms with E-state index in [1.54, 1.807) is 6.92 Å². The molecule has 10 atom stereocenters. The summed E-state index contributed by atoms with van der Waals surface area (Å²) in [4.78, 5) is 23.3. The zero-order valence-electron chi connectivity index (χ0n) is 15.8. The summed E-state index contributed by atoms with van der Waals surface area (Å²) in [5.74, 6) is -1.41. The summed E-state index contributed by atoms with van der Waals surface area (Å²) in [6, 6.07) is 0. The molecule has 10 nitrogen and oxygen atoms in total. The number of rotatable bonds is 4. The number of hydrogen-bond donors (Lipinski definition) is 4. The molecule has 10 heteroatoms. The molecule has 2 aliphatic heterocycles. The third-order valence-corrected chi connectivity index (χ3v) is 5.87. The molecule has 3 fully saturated rings. The average molecular weight is 404 g/mol. The topological polar surface area (TPSA) is 152 Å². The van der Waals surface area contributed by atoms with Crippen molar-refractivity contribution >= 4 is 11.9 Å². The van der Waals surface area contributed by atoms with Gasteiger partial charge in [-0.15, -0.1) is 0 Å². The van der Waals surface area contributed by atoms with Crippen LogP contribution in [0, 0.1) is 11.8 Å². The molecule has 160 valence electrons. The highest BCUT2D eigenvalue weighted by atomic mass is 16.7. The van der Waals surface area contributed by atoms with Crippen molar-refractivity contribution in [3.8, 4) is 0 Å². The van der Waals surface area contributed by atoms with Gasteiger partial charge in [0.2, 0.25) is 0 Å². The van der Waals surface area contributed by atoms with Crippen molar-refractivity contribution in [2.75, 3.05) is 6.61 Å². The van der Waals surface area contributed by atoms with Crippen LogP contribution in [0.4, 0.5) is 0 Å². The van der Waals surface area contributed by atoms with Gasteiger partial charge in [-0.3, -0.25) is 9.59 Å². The second kappa shape index (κ2) is 8.60. The van der Waals surface area contributed by atoms with E-state index in [0.29, 0.717) is 12.8 Å². The molecule has 3 aliphatic rings. The van der Waals surface area contributed by atoms with E-state index in [9.17, 15) is 30.0 Å². The first-order valence-corrected chi connectivity index (χ1v) is 9.55. The van der Waals surface area contributed by atoms with E-state index >= 15 is 0 Å². The molecule has 3 rings (SSSR count). The number of aliphatic hydroxyl groups is 4. The van der Waals surface area contributed by atoms with Crippen LogP contribution in [0.5, 0.6) is 0 Å². The van der Waals surface area contributed by atoms with Crippen LogP contribution in [-0.2, 0) is 28.5 Å². The molecule has 1 aliphatic carbocycles. The molecule has 2 saturated heterocycles. The first-order valence-electron chi connectivity index (χ1n) is 9.55. The van der Waals surface area contributed by atoms with E-state index in [-0.39, 0.29) is 24.2 Å². The normalized spacial score (nSPS) is 46.4. The maximum Gasteiger partial charge on any atom is 0.306 e. The summed E-state index contributed by atoms with van der Waals surface area (Å²) >= 11 is 0. The molecule has 2 heterocycles. The molecule has 1 saturated carbocycles. The summed E-state index contributed by atoms with van der Waals surface area (Å²) in [6.45, 7) is 2.49. The second-order valence-corrected chi connectivity index (χ2v) is 7.74. The maximum absolute atomic E-state index is 11.9. The highest BCUT2D eigenvalue weighted by Gasteiger charge is 2.52. The molecule has 10 unspecified atom stereocenters. The Hall–Kier alpha value is -1.30. The lowest BCUT2D eigenvalue weighted by Gasteiger charge is -2.48. The van der Waals surface area contributed by atoms with Crippen LogP contribution in [0.2, 0.25) is 0 Å². The highest BCUT2D eigenvalue weighted by molar-refractivity contribution is 5.71. The zero-order chi connectivity index (χ0) is 20.6. The Morgan fingerprint density at radius 1 is 1.14 bits per heavy atom. The first-order chi connectivity index (χ1) is 13.2. The standard InChI is InChI=1S/C18H28O10/c1-7-14-9(5-13(21)25-7)10(26-8(2)20)3-4-11(14)27-18-17(24)16(23)15(22)12(6-19)28-18/h7,9-12,14-19,22-24H,3-6H2,1-2H3. The van der Waals surface area contributed by atoms with Crippen LogP contribution >= 0.6 is 0 Å². The van der Waals surface area contributed by atoms with Crippen molar-refractivity contribution in [1.29, 1.82) is 0 Å². The van der Waals surface area contributed by atoms with Crippen LogP contribution in [0.3, 0.4) is 0 Å². The van der Waals surface area contributed by atoms with Gasteiger partial charge in [0.05, 0.1) is 19.1 Å². The molecule has 0 amide bonds. The van der Waals surface area contributed by atoms with Gasteiger partial charge < -0.3 is 39.4 Å².